The molecule has 116 valence electrons. The molecule has 3 rings (SSSR count). The van der Waals surface area contributed by atoms with E-state index >= 15 is 0 Å². The standard InChI is InChI=1S/C16H21N5O/c1-11-6-7-13(12(2)9-11)18-16(22)21-8-4-5-14(21)15-19-17-10-20(15)3/h6-7,9-10,14H,4-5,8H2,1-3H3,(H,18,22)/t14-/m0/s1. The van der Waals surface area contributed by atoms with Crippen molar-refractivity contribution in [2.75, 3.05) is 11.9 Å². The third kappa shape index (κ3) is 2.68. The van der Waals surface area contributed by atoms with Gasteiger partial charge in [-0.2, -0.15) is 0 Å². The van der Waals surface area contributed by atoms with Gasteiger partial charge >= 0.3 is 6.03 Å². The molecule has 0 spiro atoms. The zero-order valence-corrected chi connectivity index (χ0v) is 13.2. The normalized spacial score (nSPS) is 17.8. The summed E-state index contributed by atoms with van der Waals surface area (Å²) in [5, 5.41) is 11.1. The van der Waals surface area contributed by atoms with E-state index in [9.17, 15) is 4.79 Å². The Morgan fingerprint density at radius 2 is 2.18 bits per heavy atom. The zero-order valence-electron chi connectivity index (χ0n) is 13.2. The van der Waals surface area contributed by atoms with E-state index in [1.165, 1.54) is 5.56 Å². The van der Waals surface area contributed by atoms with Crippen molar-refractivity contribution < 1.29 is 4.79 Å². The van der Waals surface area contributed by atoms with Crippen molar-refractivity contribution in [3.05, 3.63) is 41.5 Å². The molecule has 1 atom stereocenters. The molecule has 0 saturated carbocycles. The van der Waals surface area contributed by atoms with Crippen LogP contribution in [0.3, 0.4) is 0 Å². The third-order valence-electron chi connectivity index (χ3n) is 4.18. The molecule has 0 unspecified atom stereocenters. The van der Waals surface area contributed by atoms with Crippen LogP contribution in [0, 0.1) is 13.8 Å². The van der Waals surface area contributed by atoms with Crippen LogP contribution in [0.4, 0.5) is 10.5 Å². The number of hydrogen-bond acceptors (Lipinski definition) is 3. The predicted molar refractivity (Wildman–Crippen MR) is 84.6 cm³/mol. The fourth-order valence-electron chi connectivity index (χ4n) is 3.01. The first kappa shape index (κ1) is 14.6. The van der Waals surface area contributed by atoms with Gasteiger partial charge in [0.1, 0.15) is 6.33 Å². The Kier molecular flexibility index (Phi) is 3.83. The van der Waals surface area contributed by atoms with Gasteiger partial charge in [0.05, 0.1) is 6.04 Å². The van der Waals surface area contributed by atoms with Crippen LogP contribution in [0.25, 0.3) is 0 Å². The highest BCUT2D eigenvalue weighted by molar-refractivity contribution is 5.90. The van der Waals surface area contributed by atoms with E-state index in [1.807, 2.05) is 42.5 Å². The number of nitrogens with zero attached hydrogens (tertiary/aromatic N) is 4. The number of likely N-dealkylation sites (tertiary alicyclic amines) is 1. The molecule has 1 aliphatic heterocycles. The van der Waals surface area contributed by atoms with Crippen LogP contribution in [0.15, 0.2) is 24.5 Å². The summed E-state index contributed by atoms with van der Waals surface area (Å²) in [4.78, 5) is 14.5. The molecule has 1 aromatic carbocycles. The van der Waals surface area contributed by atoms with Crippen LogP contribution in [0.2, 0.25) is 0 Å². The topological polar surface area (TPSA) is 63.1 Å². The zero-order chi connectivity index (χ0) is 15.7. The lowest BCUT2D eigenvalue weighted by Gasteiger charge is -2.24. The second kappa shape index (κ2) is 5.79. The molecule has 2 heterocycles. The largest absolute Gasteiger partial charge is 0.322 e. The van der Waals surface area contributed by atoms with E-state index in [1.54, 1.807) is 6.33 Å². The number of nitrogens with one attached hydrogen (secondary N) is 1. The highest BCUT2D eigenvalue weighted by Crippen LogP contribution is 2.31. The van der Waals surface area contributed by atoms with E-state index < -0.39 is 0 Å². The van der Waals surface area contributed by atoms with Gasteiger partial charge in [-0.3, -0.25) is 0 Å². The average molecular weight is 299 g/mol. The van der Waals surface area contributed by atoms with Crippen LogP contribution >= 0.6 is 0 Å². The summed E-state index contributed by atoms with van der Waals surface area (Å²) in [5.41, 5.74) is 3.12. The number of amides is 2. The molecule has 22 heavy (non-hydrogen) atoms. The molecule has 0 bridgehead atoms. The van der Waals surface area contributed by atoms with Crippen LogP contribution in [0.1, 0.15) is 35.8 Å². The molecule has 6 heteroatoms. The van der Waals surface area contributed by atoms with Gasteiger partial charge in [0.2, 0.25) is 0 Å². The number of hydrogen-bond donors (Lipinski definition) is 1. The van der Waals surface area contributed by atoms with Crippen LogP contribution in [0.5, 0.6) is 0 Å². The minimum Gasteiger partial charge on any atom is -0.319 e. The summed E-state index contributed by atoms with van der Waals surface area (Å²) in [7, 11) is 1.91. The van der Waals surface area contributed by atoms with Crippen molar-refractivity contribution in [2.24, 2.45) is 7.05 Å². The molecular formula is C16H21N5O. The Labute approximate surface area is 130 Å². The average Bonchev–Trinajstić information content (AvgIpc) is 3.09. The van der Waals surface area contributed by atoms with Crippen molar-refractivity contribution in [1.82, 2.24) is 19.7 Å². The van der Waals surface area contributed by atoms with E-state index in [0.29, 0.717) is 0 Å². The Morgan fingerprint density at radius 3 is 2.86 bits per heavy atom. The fourth-order valence-corrected chi connectivity index (χ4v) is 3.01. The number of carbonyl (C=O) groups excluding carboxylic acids is 1. The predicted octanol–water partition coefficient (Wildman–Crippen LogP) is 2.80. The molecular weight excluding hydrogens is 278 g/mol. The van der Waals surface area contributed by atoms with E-state index in [2.05, 4.69) is 21.6 Å². The van der Waals surface area contributed by atoms with Crippen LogP contribution in [-0.4, -0.2) is 32.2 Å². The fraction of sp³-hybridized carbons (Fsp3) is 0.438. The number of rotatable bonds is 2. The summed E-state index contributed by atoms with van der Waals surface area (Å²) in [5.74, 6) is 0.841. The first-order valence-electron chi connectivity index (χ1n) is 7.55. The number of aryl methyl sites for hydroxylation is 3. The van der Waals surface area contributed by atoms with Gasteiger partial charge in [-0.25, -0.2) is 4.79 Å². The first-order chi connectivity index (χ1) is 10.6. The van der Waals surface area contributed by atoms with Crippen molar-refractivity contribution in [2.45, 2.75) is 32.7 Å². The quantitative estimate of drug-likeness (QED) is 0.927. The first-order valence-corrected chi connectivity index (χ1v) is 7.55. The molecule has 2 aromatic rings. The summed E-state index contributed by atoms with van der Waals surface area (Å²) < 4.78 is 1.88. The number of aromatic nitrogens is 3. The van der Waals surface area contributed by atoms with Crippen LogP contribution < -0.4 is 5.32 Å². The van der Waals surface area contributed by atoms with E-state index in [0.717, 1.165) is 36.5 Å². The lowest BCUT2D eigenvalue weighted by atomic mass is 10.1. The van der Waals surface area contributed by atoms with Gasteiger partial charge in [0.25, 0.3) is 0 Å². The number of benzene rings is 1. The molecule has 1 aromatic heterocycles. The highest BCUT2D eigenvalue weighted by Gasteiger charge is 2.33. The molecule has 1 N–H and O–H groups in total. The van der Waals surface area contributed by atoms with E-state index in [4.69, 9.17) is 0 Å². The van der Waals surface area contributed by atoms with Crippen molar-refractivity contribution in [3.63, 3.8) is 0 Å². The van der Waals surface area contributed by atoms with Gasteiger partial charge in [-0.05, 0) is 38.3 Å². The smallest absolute Gasteiger partial charge is 0.319 e. The van der Waals surface area contributed by atoms with Gasteiger partial charge < -0.3 is 14.8 Å². The maximum Gasteiger partial charge on any atom is 0.322 e. The summed E-state index contributed by atoms with van der Waals surface area (Å²) in [6, 6.07) is 5.96. The minimum atomic E-state index is -0.0718. The third-order valence-corrected chi connectivity index (χ3v) is 4.18. The Morgan fingerprint density at radius 1 is 1.36 bits per heavy atom. The molecule has 1 saturated heterocycles. The Bertz CT molecular complexity index is 694. The monoisotopic (exact) mass is 299 g/mol. The summed E-state index contributed by atoms with van der Waals surface area (Å²) in [6.07, 6.45) is 3.58. The lowest BCUT2D eigenvalue weighted by Crippen LogP contribution is -2.35. The minimum absolute atomic E-state index is 0.00162. The van der Waals surface area contributed by atoms with E-state index in [-0.39, 0.29) is 12.1 Å². The molecule has 1 aliphatic rings. The lowest BCUT2D eigenvalue weighted by molar-refractivity contribution is 0.204. The maximum absolute atomic E-state index is 12.6. The van der Waals surface area contributed by atoms with Gasteiger partial charge in [-0.1, -0.05) is 17.7 Å². The van der Waals surface area contributed by atoms with Crippen LogP contribution in [-0.2, 0) is 7.05 Å². The Hall–Kier alpha value is -2.37. The molecule has 0 radical (unpaired) electrons. The molecule has 1 fully saturated rings. The van der Waals surface area contributed by atoms with Gasteiger partial charge in [-0.15, -0.1) is 10.2 Å². The van der Waals surface area contributed by atoms with Crippen molar-refractivity contribution in [1.29, 1.82) is 0 Å². The van der Waals surface area contributed by atoms with Crippen molar-refractivity contribution >= 4 is 11.7 Å². The second-order valence-corrected chi connectivity index (χ2v) is 5.90. The SMILES string of the molecule is Cc1ccc(NC(=O)N2CCC[C@H]2c2nncn2C)c(C)c1. The number of carbonyl (C=O) groups is 1. The summed E-state index contributed by atoms with van der Waals surface area (Å²) in [6.45, 7) is 4.80. The number of anilines is 1. The maximum atomic E-state index is 12.6. The highest BCUT2D eigenvalue weighted by atomic mass is 16.2. The number of urea groups is 1. The second-order valence-electron chi connectivity index (χ2n) is 5.90. The van der Waals surface area contributed by atoms with Gasteiger partial charge in [0.15, 0.2) is 5.82 Å². The van der Waals surface area contributed by atoms with Gasteiger partial charge in [0, 0.05) is 19.3 Å². The molecule has 0 aliphatic carbocycles. The molecule has 6 nitrogen and oxygen atoms in total. The molecule has 2 amide bonds. The summed E-state index contributed by atoms with van der Waals surface area (Å²) >= 11 is 0. The Balaban J connectivity index is 1.78. The van der Waals surface area contributed by atoms with Crippen molar-refractivity contribution in [3.8, 4) is 0 Å².